The quantitative estimate of drug-likeness (QED) is 0.733. The van der Waals surface area contributed by atoms with E-state index in [1.165, 1.54) is 32.1 Å². The van der Waals surface area contributed by atoms with Gasteiger partial charge in [-0.3, -0.25) is 4.90 Å². The van der Waals surface area contributed by atoms with Gasteiger partial charge < -0.3 is 5.32 Å². The Labute approximate surface area is 159 Å². The molecule has 1 atom stereocenters. The molecule has 1 saturated carbocycles. The minimum absolute atomic E-state index is 0. The molecule has 1 aliphatic heterocycles. The van der Waals surface area contributed by atoms with E-state index in [-0.39, 0.29) is 36.7 Å². The van der Waals surface area contributed by atoms with Crippen LogP contribution in [0.4, 0.5) is 4.39 Å². The summed E-state index contributed by atoms with van der Waals surface area (Å²) in [5, 5.41) is 3.41. The lowest BCUT2D eigenvalue weighted by Crippen LogP contribution is -2.47. The number of rotatable bonds is 3. The number of benzene rings is 1. The average Bonchev–Trinajstić information content (AvgIpc) is 2.53. The Hall–Kier alpha value is 0.130. The number of piperazine rings is 1. The van der Waals surface area contributed by atoms with Gasteiger partial charge in [-0.15, -0.1) is 24.8 Å². The third kappa shape index (κ3) is 5.05. The van der Waals surface area contributed by atoms with E-state index in [0.717, 1.165) is 36.2 Å². The van der Waals surface area contributed by atoms with Gasteiger partial charge in [-0.25, -0.2) is 4.39 Å². The van der Waals surface area contributed by atoms with E-state index in [1.54, 1.807) is 12.1 Å². The van der Waals surface area contributed by atoms with Crippen molar-refractivity contribution in [2.45, 2.75) is 38.1 Å². The van der Waals surface area contributed by atoms with Gasteiger partial charge in [-0.2, -0.15) is 0 Å². The minimum Gasteiger partial charge on any atom is -0.314 e. The highest BCUT2D eigenvalue weighted by molar-refractivity contribution is 9.10. The van der Waals surface area contributed by atoms with E-state index in [1.807, 2.05) is 6.07 Å². The van der Waals surface area contributed by atoms with Gasteiger partial charge in [0.1, 0.15) is 5.82 Å². The summed E-state index contributed by atoms with van der Waals surface area (Å²) < 4.78 is 15.5. The maximum Gasteiger partial charge on any atom is 0.129 e. The molecule has 1 aromatic carbocycles. The third-order valence-corrected chi connectivity index (χ3v) is 5.63. The highest BCUT2D eigenvalue weighted by Gasteiger charge is 2.33. The van der Waals surface area contributed by atoms with E-state index >= 15 is 0 Å². The average molecular weight is 428 g/mol. The second kappa shape index (κ2) is 10.2. The zero-order valence-electron chi connectivity index (χ0n) is 13.3. The predicted molar refractivity (Wildman–Crippen MR) is 102 cm³/mol. The standard InChI is InChI=1S/C17H24BrFN2.2ClH/c18-14-7-4-8-15(19)16(14)17(13-5-2-1-3-6-13)21-11-9-20-10-12-21;;/h4,7-8,13,17,20H,1-3,5-6,9-12H2;2*1H/t17-;;/m1../s1. The summed E-state index contributed by atoms with van der Waals surface area (Å²) in [5.74, 6) is 0.531. The number of hydrogen-bond donors (Lipinski definition) is 1. The van der Waals surface area contributed by atoms with Gasteiger partial charge in [0.2, 0.25) is 0 Å². The summed E-state index contributed by atoms with van der Waals surface area (Å²) in [6.45, 7) is 4.05. The van der Waals surface area contributed by atoms with Gasteiger partial charge in [0.05, 0.1) is 0 Å². The van der Waals surface area contributed by atoms with Crippen molar-refractivity contribution in [3.05, 3.63) is 34.1 Å². The molecule has 1 aromatic rings. The normalized spacial score (nSPS) is 21.1. The van der Waals surface area contributed by atoms with E-state index in [4.69, 9.17) is 0 Å². The molecule has 0 amide bonds. The van der Waals surface area contributed by atoms with Crippen molar-refractivity contribution >= 4 is 40.7 Å². The molecular formula is C17H26BrCl2FN2. The van der Waals surface area contributed by atoms with Crippen molar-refractivity contribution in [3.63, 3.8) is 0 Å². The molecule has 0 aromatic heterocycles. The first-order chi connectivity index (χ1) is 10.3. The van der Waals surface area contributed by atoms with Crippen molar-refractivity contribution in [1.29, 1.82) is 0 Å². The number of nitrogens with one attached hydrogen (secondary N) is 1. The third-order valence-electron chi connectivity index (χ3n) is 4.94. The molecule has 132 valence electrons. The largest absolute Gasteiger partial charge is 0.314 e. The molecule has 0 unspecified atom stereocenters. The zero-order valence-corrected chi connectivity index (χ0v) is 16.5. The van der Waals surface area contributed by atoms with Crippen molar-refractivity contribution < 1.29 is 4.39 Å². The zero-order chi connectivity index (χ0) is 14.7. The van der Waals surface area contributed by atoms with Crippen LogP contribution in [0.2, 0.25) is 0 Å². The van der Waals surface area contributed by atoms with Crippen LogP contribution in [0.5, 0.6) is 0 Å². The maximum atomic E-state index is 14.5. The van der Waals surface area contributed by atoms with Gasteiger partial charge in [0.25, 0.3) is 0 Å². The Balaban J connectivity index is 0.00000132. The molecule has 0 spiro atoms. The van der Waals surface area contributed by atoms with Gasteiger partial charge >= 0.3 is 0 Å². The van der Waals surface area contributed by atoms with Crippen LogP contribution in [0.1, 0.15) is 43.7 Å². The predicted octanol–water partition coefficient (Wildman–Crippen LogP) is 4.96. The Morgan fingerprint density at radius 3 is 2.35 bits per heavy atom. The molecule has 23 heavy (non-hydrogen) atoms. The summed E-state index contributed by atoms with van der Waals surface area (Å²) >= 11 is 3.60. The smallest absolute Gasteiger partial charge is 0.129 e. The second-order valence-corrected chi connectivity index (χ2v) is 7.12. The van der Waals surface area contributed by atoms with Crippen LogP contribution in [0.25, 0.3) is 0 Å². The van der Waals surface area contributed by atoms with E-state index < -0.39 is 0 Å². The molecule has 3 rings (SSSR count). The summed E-state index contributed by atoms with van der Waals surface area (Å²) in [6.07, 6.45) is 6.38. The molecule has 2 fully saturated rings. The molecular weight excluding hydrogens is 402 g/mol. The number of halogens is 4. The van der Waals surface area contributed by atoms with Crippen molar-refractivity contribution in [3.8, 4) is 0 Å². The van der Waals surface area contributed by atoms with Gasteiger partial charge in [-0.1, -0.05) is 41.3 Å². The van der Waals surface area contributed by atoms with Crippen molar-refractivity contribution in [2.24, 2.45) is 5.92 Å². The SMILES string of the molecule is Cl.Cl.Fc1cccc(Br)c1[C@@H](C1CCCCC1)N1CCNCC1. The van der Waals surface area contributed by atoms with E-state index in [0.29, 0.717) is 5.92 Å². The summed E-state index contributed by atoms with van der Waals surface area (Å²) in [6, 6.07) is 5.61. The maximum absolute atomic E-state index is 14.5. The van der Waals surface area contributed by atoms with Crippen LogP contribution < -0.4 is 5.32 Å². The number of nitrogens with zero attached hydrogens (tertiary/aromatic N) is 1. The Kier molecular flexibility index (Phi) is 9.39. The molecule has 0 radical (unpaired) electrons. The van der Waals surface area contributed by atoms with Crippen LogP contribution in [0.15, 0.2) is 22.7 Å². The molecule has 6 heteroatoms. The highest BCUT2D eigenvalue weighted by atomic mass is 79.9. The van der Waals surface area contributed by atoms with E-state index in [2.05, 4.69) is 26.1 Å². The van der Waals surface area contributed by atoms with Crippen LogP contribution in [0.3, 0.4) is 0 Å². The fourth-order valence-corrected chi connectivity index (χ4v) is 4.50. The molecule has 2 nitrogen and oxygen atoms in total. The lowest BCUT2D eigenvalue weighted by Gasteiger charge is -2.41. The van der Waals surface area contributed by atoms with Gasteiger partial charge in [0, 0.05) is 42.3 Å². The van der Waals surface area contributed by atoms with Gasteiger partial charge in [0.15, 0.2) is 0 Å². The first kappa shape index (κ1) is 21.2. The van der Waals surface area contributed by atoms with E-state index in [9.17, 15) is 4.39 Å². The Morgan fingerprint density at radius 1 is 1.09 bits per heavy atom. The number of hydrogen-bond acceptors (Lipinski definition) is 2. The lowest BCUT2D eigenvalue weighted by atomic mass is 9.80. The fourth-order valence-electron chi connectivity index (χ4n) is 3.92. The molecule has 2 aliphatic rings. The summed E-state index contributed by atoms with van der Waals surface area (Å²) in [5.41, 5.74) is 0.881. The monoisotopic (exact) mass is 426 g/mol. The summed E-state index contributed by atoms with van der Waals surface area (Å²) in [7, 11) is 0. The first-order valence-electron chi connectivity index (χ1n) is 8.16. The topological polar surface area (TPSA) is 15.3 Å². The molecule has 0 bridgehead atoms. The Bertz CT molecular complexity index is 439. The van der Waals surface area contributed by atoms with Crippen LogP contribution in [-0.4, -0.2) is 31.1 Å². The van der Waals surface area contributed by atoms with Crippen molar-refractivity contribution in [2.75, 3.05) is 26.2 Å². The minimum atomic E-state index is -0.0570. The lowest BCUT2D eigenvalue weighted by molar-refractivity contribution is 0.100. The molecule has 1 saturated heterocycles. The second-order valence-electron chi connectivity index (χ2n) is 6.26. The molecule has 1 heterocycles. The molecule has 1 N–H and O–H groups in total. The van der Waals surface area contributed by atoms with Crippen molar-refractivity contribution in [1.82, 2.24) is 10.2 Å². The highest BCUT2D eigenvalue weighted by Crippen LogP contribution is 2.41. The summed E-state index contributed by atoms with van der Waals surface area (Å²) in [4.78, 5) is 2.50. The van der Waals surface area contributed by atoms with Crippen LogP contribution in [-0.2, 0) is 0 Å². The van der Waals surface area contributed by atoms with Crippen LogP contribution in [0, 0.1) is 11.7 Å². The van der Waals surface area contributed by atoms with Gasteiger partial charge in [-0.05, 0) is 30.9 Å². The molecule has 1 aliphatic carbocycles. The van der Waals surface area contributed by atoms with Crippen LogP contribution >= 0.6 is 40.7 Å². The fraction of sp³-hybridized carbons (Fsp3) is 0.647. The Morgan fingerprint density at radius 2 is 1.74 bits per heavy atom. The first-order valence-corrected chi connectivity index (χ1v) is 8.95.